The molecule has 0 bridgehead atoms. The highest BCUT2D eigenvalue weighted by molar-refractivity contribution is 6.07. The van der Waals surface area contributed by atoms with Crippen molar-refractivity contribution in [2.45, 2.75) is 52.9 Å². The van der Waals surface area contributed by atoms with Crippen LogP contribution in [0.15, 0.2) is 6.58 Å². The molecule has 3 aliphatic rings. The van der Waals surface area contributed by atoms with E-state index >= 15 is 0 Å². The van der Waals surface area contributed by atoms with E-state index in [4.69, 9.17) is 4.74 Å². The predicted octanol–water partition coefficient (Wildman–Crippen LogP) is 4.17. The van der Waals surface area contributed by atoms with E-state index in [1.165, 1.54) is 6.92 Å². The highest BCUT2D eigenvalue weighted by atomic mass is 16.5. The van der Waals surface area contributed by atoms with Crippen LogP contribution in [0.5, 0.6) is 5.75 Å². The van der Waals surface area contributed by atoms with E-state index in [0.29, 0.717) is 24.5 Å². The quantitative estimate of drug-likeness (QED) is 0.810. The first-order chi connectivity index (χ1) is 12.2. The maximum Gasteiger partial charge on any atom is 0.302 e. The van der Waals surface area contributed by atoms with Gasteiger partial charge < -0.3 is 9.84 Å². The van der Waals surface area contributed by atoms with E-state index in [2.05, 4.69) is 13.5 Å². The van der Waals surface area contributed by atoms with Gasteiger partial charge in [0.05, 0.1) is 6.61 Å². The average molecular weight is 354 g/mol. The number of phenols is 1. The summed E-state index contributed by atoms with van der Waals surface area (Å²) in [4.78, 5) is 24.2. The molecule has 3 aliphatic carbocycles. The summed E-state index contributed by atoms with van der Waals surface area (Å²) >= 11 is 0. The lowest BCUT2D eigenvalue weighted by Crippen LogP contribution is -2.15. The lowest BCUT2D eigenvalue weighted by Gasteiger charge is -2.22. The Bertz CT molecular complexity index is 866. The van der Waals surface area contributed by atoms with Gasteiger partial charge >= 0.3 is 5.97 Å². The number of benzene rings is 1. The highest BCUT2D eigenvalue weighted by Gasteiger charge is 2.64. The molecule has 0 radical (unpaired) electrons. The van der Waals surface area contributed by atoms with Crippen molar-refractivity contribution in [1.29, 1.82) is 0 Å². The lowest BCUT2D eigenvalue weighted by atomic mass is 9.83. The van der Waals surface area contributed by atoms with Gasteiger partial charge in [0.25, 0.3) is 0 Å². The molecule has 1 N–H and O–H groups in total. The minimum Gasteiger partial charge on any atom is -0.507 e. The summed E-state index contributed by atoms with van der Waals surface area (Å²) in [6, 6.07) is 0. The Hall–Kier alpha value is -2.10. The number of fused-ring (bicyclic) bond motifs is 5. The molecule has 26 heavy (non-hydrogen) atoms. The summed E-state index contributed by atoms with van der Waals surface area (Å²) in [5.74, 6) is 0.594. The van der Waals surface area contributed by atoms with Gasteiger partial charge in [0.15, 0.2) is 5.78 Å². The number of ketones is 1. The number of ether oxygens (including phenoxy) is 1. The third kappa shape index (κ3) is 2.14. The molecule has 1 fully saturated rings. The second-order valence-electron chi connectivity index (χ2n) is 8.60. The molecule has 1 aromatic carbocycles. The number of Topliss-reactive ketones (excluding diaryl/α,β-unsaturated/α-hetero) is 1. The summed E-state index contributed by atoms with van der Waals surface area (Å²) in [6.07, 6.45) is 2.40. The standard InChI is InChI=1S/C22H26O4/c1-10-6-7-15-19(22(15,5)9-26-13(4)23)17-12(3)21(25)14-8-11(2)20(24)18(14)16(10)17/h11,15,19,25H,1,6-9H2,2-5H3. The normalized spacial score (nSPS) is 31.8. The molecule has 0 saturated heterocycles. The van der Waals surface area contributed by atoms with Crippen molar-refractivity contribution in [1.82, 2.24) is 0 Å². The van der Waals surface area contributed by atoms with E-state index in [-0.39, 0.29) is 34.8 Å². The van der Waals surface area contributed by atoms with Crippen molar-refractivity contribution in [3.05, 3.63) is 34.4 Å². The number of hydrogen-bond acceptors (Lipinski definition) is 4. The lowest BCUT2D eigenvalue weighted by molar-refractivity contribution is -0.142. The molecule has 0 aromatic heterocycles. The fourth-order valence-corrected chi connectivity index (χ4v) is 5.41. The molecule has 4 heteroatoms. The molecule has 4 rings (SSSR count). The van der Waals surface area contributed by atoms with Crippen LogP contribution in [0.1, 0.15) is 72.1 Å². The van der Waals surface area contributed by atoms with Crippen molar-refractivity contribution in [2.24, 2.45) is 17.3 Å². The topological polar surface area (TPSA) is 63.6 Å². The number of carbonyl (C=O) groups excluding carboxylic acids is 2. The first-order valence-corrected chi connectivity index (χ1v) is 9.42. The summed E-state index contributed by atoms with van der Waals surface area (Å²) in [7, 11) is 0. The highest BCUT2D eigenvalue weighted by Crippen LogP contribution is 2.70. The number of esters is 1. The second kappa shape index (κ2) is 5.45. The zero-order chi connectivity index (χ0) is 19.0. The molecule has 4 atom stereocenters. The molecule has 4 unspecified atom stereocenters. The summed E-state index contributed by atoms with van der Waals surface area (Å²) in [5, 5.41) is 10.8. The van der Waals surface area contributed by atoms with E-state index in [0.717, 1.165) is 40.7 Å². The minimum atomic E-state index is -0.269. The Kier molecular flexibility index (Phi) is 3.63. The molecule has 1 saturated carbocycles. The van der Waals surface area contributed by atoms with Crippen molar-refractivity contribution < 1.29 is 19.4 Å². The van der Waals surface area contributed by atoms with Gasteiger partial charge in [0, 0.05) is 29.4 Å². The number of rotatable bonds is 2. The van der Waals surface area contributed by atoms with Crippen molar-refractivity contribution in [3.8, 4) is 5.75 Å². The second-order valence-corrected chi connectivity index (χ2v) is 8.60. The van der Waals surface area contributed by atoms with Gasteiger partial charge in [-0.2, -0.15) is 0 Å². The van der Waals surface area contributed by atoms with Crippen molar-refractivity contribution >= 4 is 17.3 Å². The third-order valence-electron chi connectivity index (χ3n) is 6.93. The number of hydrogen-bond donors (Lipinski definition) is 1. The van der Waals surface area contributed by atoms with Gasteiger partial charge in [-0.3, -0.25) is 9.59 Å². The summed E-state index contributed by atoms with van der Waals surface area (Å²) in [5.41, 5.74) is 5.26. The van der Waals surface area contributed by atoms with Crippen LogP contribution in [0.25, 0.3) is 5.57 Å². The molecule has 0 amide bonds. The fraction of sp³-hybridized carbons (Fsp3) is 0.545. The van der Waals surface area contributed by atoms with E-state index in [1.54, 1.807) is 0 Å². The van der Waals surface area contributed by atoms with Gasteiger partial charge in [-0.05, 0) is 60.3 Å². The molecule has 0 aliphatic heterocycles. The van der Waals surface area contributed by atoms with Gasteiger partial charge in [-0.15, -0.1) is 0 Å². The SMILES string of the molecule is C=C1CCC2C(c3c(C)c(O)c4c(c31)C(=O)C(C)C4)C2(C)COC(C)=O. The van der Waals surface area contributed by atoms with Crippen LogP contribution in [0.2, 0.25) is 0 Å². The predicted molar refractivity (Wildman–Crippen MR) is 99.3 cm³/mol. The van der Waals surface area contributed by atoms with Gasteiger partial charge in [0.1, 0.15) is 5.75 Å². The Balaban J connectivity index is 1.90. The molecule has 4 nitrogen and oxygen atoms in total. The van der Waals surface area contributed by atoms with Gasteiger partial charge in [-0.1, -0.05) is 20.4 Å². The summed E-state index contributed by atoms with van der Waals surface area (Å²) < 4.78 is 5.35. The van der Waals surface area contributed by atoms with Gasteiger partial charge in [-0.25, -0.2) is 0 Å². The average Bonchev–Trinajstić information content (AvgIpc) is 3.10. The number of allylic oxidation sites excluding steroid dienone is 1. The molecular formula is C22H26O4. The molecule has 138 valence electrons. The van der Waals surface area contributed by atoms with Crippen LogP contribution in [0, 0.1) is 24.2 Å². The van der Waals surface area contributed by atoms with Crippen LogP contribution in [0.4, 0.5) is 0 Å². The van der Waals surface area contributed by atoms with Crippen LogP contribution in [0.3, 0.4) is 0 Å². The van der Waals surface area contributed by atoms with Crippen LogP contribution in [-0.4, -0.2) is 23.5 Å². The van der Waals surface area contributed by atoms with Crippen LogP contribution >= 0.6 is 0 Å². The van der Waals surface area contributed by atoms with Crippen LogP contribution < -0.4 is 0 Å². The van der Waals surface area contributed by atoms with E-state index in [1.807, 2.05) is 13.8 Å². The molecule has 1 aromatic rings. The Labute approximate surface area is 154 Å². The maximum absolute atomic E-state index is 12.9. The van der Waals surface area contributed by atoms with Crippen LogP contribution in [-0.2, 0) is 16.0 Å². The fourth-order valence-electron chi connectivity index (χ4n) is 5.41. The first kappa shape index (κ1) is 17.3. The molecular weight excluding hydrogens is 328 g/mol. The Morgan fingerprint density at radius 1 is 1.38 bits per heavy atom. The van der Waals surface area contributed by atoms with E-state index in [9.17, 15) is 14.7 Å². The number of phenolic OH excluding ortho intramolecular Hbond substituents is 1. The number of aromatic hydroxyl groups is 1. The number of carbonyl (C=O) groups is 2. The first-order valence-electron chi connectivity index (χ1n) is 9.42. The zero-order valence-corrected chi connectivity index (χ0v) is 15.9. The molecule has 0 heterocycles. The smallest absolute Gasteiger partial charge is 0.302 e. The van der Waals surface area contributed by atoms with E-state index < -0.39 is 0 Å². The largest absolute Gasteiger partial charge is 0.507 e. The Morgan fingerprint density at radius 3 is 2.73 bits per heavy atom. The minimum absolute atomic E-state index is 0.0970. The summed E-state index contributed by atoms with van der Waals surface area (Å²) in [6.45, 7) is 12.1. The zero-order valence-electron chi connectivity index (χ0n) is 15.9. The van der Waals surface area contributed by atoms with Gasteiger partial charge in [0.2, 0.25) is 0 Å². The third-order valence-corrected chi connectivity index (χ3v) is 6.93. The maximum atomic E-state index is 12.9. The van der Waals surface area contributed by atoms with Crippen molar-refractivity contribution in [2.75, 3.05) is 6.61 Å². The molecule has 0 spiro atoms. The monoisotopic (exact) mass is 354 g/mol. The van der Waals surface area contributed by atoms with Crippen molar-refractivity contribution in [3.63, 3.8) is 0 Å². The Morgan fingerprint density at radius 2 is 2.08 bits per heavy atom.